The topological polar surface area (TPSA) is 71.4 Å². The van der Waals surface area contributed by atoms with Crippen molar-refractivity contribution < 1.29 is 18.3 Å². The van der Waals surface area contributed by atoms with E-state index >= 15 is 0 Å². The first-order valence-electron chi connectivity index (χ1n) is 11.3. The third-order valence-corrected chi connectivity index (χ3v) is 6.94. The minimum atomic E-state index is -0.563. The van der Waals surface area contributed by atoms with E-state index in [2.05, 4.69) is 9.88 Å². The minimum Gasteiger partial charge on any atom is -0.489 e. The van der Waals surface area contributed by atoms with Crippen LogP contribution in [0, 0.1) is 11.6 Å². The number of aromatic nitrogens is 1. The predicted molar refractivity (Wildman–Crippen MR) is 119 cm³/mol. The minimum absolute atomic E-state index is 0.0631. The maximum atomic E-state index is 14.3. The van der Waals surface area contributed by atoms with Gasteiger partial charge in [-0.1, -0.05) is 6.42 Å². The molecule has 2 aliphatic rings. The lowest BCUT2D eigenvalue weighted by atomic mass is 9.87. The summed E-state index contributed by atoms with van der Waals surface area (Å²) in [5.41, 5.74) is 8.49. The molecule has 0 radical (unpaired) electrons. The van der Waals surface area contributed by atoms with Crippen molar-refractivity contribution in [3.05, 3.63) is 64.9 Å². The molecule has 1 aliphatic heterocycles. The SMILES string of the molecule is NC(=O)c1ccc(F)c2c1C[C@H](N(CCCc1c[nH]c3ccc(F)cc13)C1CCC1)CO2. The Morgan fingerprint density at radius 2 is 2.03 bits per heavy atom. The van der Waals surface area contributed by atoms with E-state index in [-0.39, 0.29) is 17.6 Å². The number of carbonyl (C=O) groups is 1. The molecule has 5 nitrogen and oxygen atoms in total. The molecule has 5 rings (SSSR count). The normalized spacial score (nSPS) is 18.4. The number of H-pyrrole nitrogens is 1. The second-order valence-electron chi connectivity index (χ2n) is 8.87. The fourth-order valence-electron chi connectivity index (χ4n) is 5.07. The van der Waals surface area contributed by atoms with Crippen LogP contribution in [0.5, 0.6) is 5.75 Å². The highest BCUT2D eigenvalue weighted by Gasteiger charge is 2.35. The van der Waals surface area contributed by atoms with Crippen molar-refractivity contribution in [3.63, 3.8) is 0 Å². The number of nitrogens with zero attached hydrogens (tertiary/aromatic N) is 1. The van der Waals surface area contributed by atoms with Crippen LogP contribution in [0.15, 0.2) is 36.5 Å². The van der Waals surface area contributed by atoms with Crippen molar-refractivity contribution in [2.45, 2.75) is 50.6 Å². The van der Waals surface area contributed by atoms with Gasteiger partial charge < -0.3 is 15.5 Å². The number of hydrogen-bond acceptors (Lipinski definition) is 3. The molecule has 2 aromatic carbocycles. The molecule has 32 heavy (non-hydrogen) atoms. The van der Waals surface area contributed by atoms with Gasteiger partial charge in [0.2, 0.25) is 5.91 Å². The molecule has 3 N–H and O–H groups in total. The van der Waals surface area contributed by atoms with Gasteiger partial charge in [-0.15, -0.1) is 0 Å². The summed E-state index contributed by atoms with van der Waals surface area (Å²) in [7, 11) is 0. The third-order valence-electron chi connectivity index (χ3n) is 6.94. The number of ether oxygens (including phenoxy) is 1. The number of nitrogens with one attached hydrogen (secondary N) is 1. The summed E-state index contributed by atoms with van der Waals surface area (Å²) < 4.78 is 33.8. The number of amides is 1. The first kappa shape index (κ1) is 20.9. The van der Waals surface area contributed by atoms with Gasteiger partial charge >= 0.3 is 0 Å². The molecule has 1 amide bonds. The third kappa shape index (κ3) is 3.86. The Labute approximate surface area is 185 Å². The molecule has 168 valence electrons. The monoisotopic (exact) mass is 439 g/mol. The van der Waals surface area contributed by atoms with Crippen molar-refractivity contribution in [1.82, 2.24) is 9.88 Å². The summed E-state index contributed by atoms with van der Waals surface area (Å²) >= 11 is 0. The lowest BCUT2D eigenvalue weighted by molar-refractivity contribution is 0.0421. The molecule has 1 atom stereocenters. The van der Waals surface area contributed by atoms with Crippen molar-refractivity contribution >= 4 is 16.8 Å². The number of aryl methyl sites for hydroxylation is 1. The largest absolute Gasteiger partial charge is 0.489 e. The van der Waals surface area contributed by atoms with Crippen LogP contribution in [-0.2, 0) is 12.8 Å². The van der Waals surface area contributed by atoms with Crippen LogP contribution in [0.2, 0.25) is 0 Å². The van der Waals surface area contributed by atoms with E-state index in [1.165, 1.54) is 24.6 Å². The Morgan fingerprint density at radius 1 is 1.19 bits per heavy atom. The summed E-state index contributed by atoms with van der Waals surface area (Å²) in [5, 5.41) is 0.927. The molecular weight excluding hydrogens is 412 g/mol. The number of benzene rings is 2. The van der Waals surface area contributed by atoms with Gasteiger partial charge in [0.25, 0.3) is 0 Å². The van der Waals surface area contributed by atoms with Gasteiger partial charge in [-0.2, -0.15) is 0 Å². The second-order valence-corrected chi connectivity index (χ2v) is 8.87. The van der Waals surface area contributed by atoms with E-state index in [1.54, 1.807) is 12.1 Å². The van der Waals surface area contributed by atoms with Crippen molar-refractivity contribution in [1.29, 1.82) is 0 Å². The van der Waals surface area contributed by atoms with Gasteiger partial charge in [0.15, 0.2) is 11.6 Å². The quantitative estimate of drug-likeness (QED) is 0.576. The molecule has 0 unspecified atom stereocenters. The molecule has 3 aromatic rings. The highest BCUT2D eigenvalue weighted by atomic mass is 19.1. The fourth-order valence-corrected chi connectivity index (χ4v) is 5.07. The zero-order chi connectivity index (χ0) is 22.2. The van der Waals surface area contributed by atoms with E-state index in [4.69, 9.17) is 10.5 Å². The highest BCUT2D eigenvalue weighted by molar-refractivity contribution is 5.95. The van der Waals surface area contributed by atoms with Crippen LogP contribution in [0.1, 0.15) is 47.2 Å². The van der Waals surface area contributed by atoms with E-state index < -0.39 is 11.7 Å². The molecule has 1 fully saturated rings. The molecule has 1 aliphatic carbocycles. The number of nitrogens with two attached hydrogens (primary N) is 1. The summed E-state index contributed by atoms with van der Waals surface area (Å²) in [6.45, 7) is 1.25. The lowest BCUT2D eigenvalue weighted by Gasteiger charge is -2.44. The Morgan fingerprint density at radius 3 is 2.78 bits per heavy atom. The van der Waals surface area contributed by atoms with E-state index in [0.717, 1.165) is 48.7 Å². The number of aromatic amines is 1. The van der Waals surface area contributed by atoms with Crippen molar-refractivity contribution in [2.75, 3.05) is 13.2 Å². The summed E-state index contributed by atoms with van der Waals surface area (Å²) in [4.78, 5) is 17.6. The van der Waals surface area contributed by atoms with Crippen LogP contribution >= 0.6 is 0 Å². The van der Waals surface area contributed by atoms with Gasteiger partial charge in [-0.05, 0) is 74.5 Å². The predicted octanol–water partition coefficient (Wildman–Crippen LogP) is 4.34. The molecule has 1 aromatic heterocycles. The van der Waals surface area contributed by atoms with Gasteiger partial charge in [0.05, 0.1) is 0 Å². The smallest absolute Gasteiger partial charge is 0.249 e. The number of primary amides is 1. The fraction of sp³-hybridized carbons (Fsp3) is 0.400. The summed E-state index contributed by atoms with van der Waals surface area (Å²) in [6.07, 6.45) is 7.71. The Balaban J connectivity index is 1.32. The van der Waals surface area contributed by atoms with Crippen LogP contribution < -0.4 is 10.5 Å². The van der Waals surface area contributed by atoms with Gasteiger partial charge in [0.1, 0.15) is 12.4 Å². The second kappa shape index (κ2) is 8.54. The number of carbonyl (C=O) groups excluding carboxylic acids is 1. The molecule has 0 bridgehead atoms. The van der Waals surface area contributed by atoms with Crippen LogP contribution in [0.25, 0.3) is 10.9 Å². The lowest BCUT2D eigenvalue weighted by Crippen LogP contribution is -2.51. The number of hydrogen-bond donors (Lipinski definition) is 2. The molecular formula is C25H27F2N3O2. The van der Waals surface area contributed by atoms with Crippen molar-refractivity contribution in [3.8, 4) is 5.75 Å². The molecule has 0 saturated heterocycles. The van der Waals surface area contributed by atoms with Crippen LogP contribution in [0.4, 0.5) is 8.78 Å². The van der Waals surface area contributed by atoms with Crippen LogP contribution in [0.3, 0.4) is 0 Å². The zero-order valence-corrected chi connectivity index (χ0v) is 17.9. The van der Waals surface area contributed by atoms with Gasteiger partial charge in [-0.25, -0.2) is 8.78 Å². The van der Waals surface area contributed by atoms with Gasteiger partial charge in [0, 0.05) is 40.3 Å². The Hall–Kier alpha value is -2.93. The average Bonchev–Trinajstić information content (AvgIpc) is 3.13. The Kier molecular flexibility index (Phi) is 5.59. The zero-order valence-electron chi connectivity index (χ0n) is 17.9. The number of fused-ring (bicyclic) bond motifs is 2. The average molecular weight is 440 g/mol. The van der Waals surface area contributed by atoms with E-state index in [1.807, 2.05) is 6.20 Å². The summed E-state index contributed by atoms with van der Waals surface area (Å²) in [6, 6.07) is 8.03. The van der Waals surface area contributed by atoms with E-state index in [9.17, 15) is 13.6 Å². The molecule has 7 heteroatoms. The molecule has 0 spiro atoms. The first-order chi connectivity index (χ1) is 15.5. The standard InChI is InChI=1S/C25H27F2N3O2/c26-16-6-9-23-20(11-16)15(13-29-23)3-2-10-30(17-4-1-5-17)18-12-21-19(25(28)31)7-8-22(27)24(21)32-14-18/h6-9,11,13,17-18,29H,1-5,10,12,14H2,(H2,28,31)/t18-/m0/s1. The summed E-state index contributed by atoms with van der Waals surface area (Å²) in [5.74, 6) is -1.09. The maximum absolute atomic E-state index is 14.3. The van der Waals surface area contributed by atoms with Crippen LogP contribution in [-0.4, -0.2) is 41.0 Å². The maximum Gasteiger partial charge on any atom is 0.249 e. The molecule has 1 saturated carbocycles. The number of halogens is 2. The highest BCUT2D eigenvalue weighted by Crippen LogP contribution is 2.35. The Bertz CT molecular complexity index is 1160. The van der Waals surface area contributed by atoms with E-state index in [0.29, 0.717) is 30.2 Å². The van der Waals surface area contributed by atoms with Crippen molar-refractivity contribution in [2.24, 2.45) is 5.73 Å². The van der Waals surface area contributed by atoms with Gasteiger partial charge in [-0.3, -0.25) is 9.69 Å². The molecule has 2 heterocycles. The first-order valence-corrected chi connectivity index (χ1v) is 11.3. The number of rotatable bonds is 7.